The molecule has 0 unspecified atom stereocenters. The third-order valence-corrected chi connectivity index (χ3v) is 6.02. The van der Waals surface area contributed by atoms with Crippen LogP contribution >= 0.6 is 0 Å². The Hall–Kier alpha value is -3.06. The first kappa shape index (κ1) is 17.4. The molecule has 0 aromatic heterocycles. The number of ether oxygens (including phenoxy) is 1. The Balaban J connectivity index is 1.85. The van der Waals surface area contributed by atoms with Crippen molar-refractivity contribution in [1.82, 2.24) is 0 Å². The second-order valence-corrected chi connectivity index (χ2v) is 7.86. The molecule has 0 atom stereocenters. The first-order valence-electron chi connectivity index (χ1n) is 8.52. The Labute approximate surface area is 157 Å². The number of hydrogen-bond donors (Lipinski definition) is 1. The van der Waals surface area contributed by atoms with Crippen molar-refractivity contribution in [3.05, 3.63) is 60.2 Å². The van der Waals surface area contributed by atoms with Gasteiger partial charge in [0.1, 0.15) is 5.75 Å². The molecule has 1 N–H and O–H groups in total. The third-order valence-electron chi connectivity index (χ3n) is 4.60. The van der Waals surface area contributed by atoms with Gasteiger partial charge in [-0.3, -0.25) is 9.52 Å². The second-order valence-electron chi connectivity index (χ2n) is 6.21. The van der Waals surface area contributed by atoms with Crippen LogP contribution in [0.4, 0.5) is 11.4 Å². The highest BCUT2D eigenvalue weighted by atomic mass is 32.2. The molecule has 0 aliphatic carbocycles. The average molecular weight is 382 g/mol. The fourth-order valence-electron chi connectivity index (χ4n) is 3.38. The molecule has 3 aromatic carbocycles. The Morgan fingerprint density at radius 3 is 2.59 bits per heavy atom. The quantitative estimate of drug-likeness (QED) is 0.731. The smallest absolute Gasteiger partial charge is 0.262 e. The first-order chi connectivity index (χ1) is 12.9. The number of anilines is 2. The molecule has 3 aromatic rings. The molecule has 7 heteroatoms. The van der Waals surface area contributed by atoms with Gasteiger partial charge in [-0.15, -0.1) is 0 Å². The van der Waals surface area contributed by atoms with Crippen LogP contribution in [0, 0.1) is 0 Å². The average Bonchev–Trinajstić information content (AvgIpc) is 2.90. The number of benzene rings is 3. The van der Waals surface area contributed by atoms with E-state index in [1.54, 1.807) is 55.6 Å². The van der Waals surface area contributed by atoms with Crippen LogP contribution in [0.1, 0.15) is 17.3 Å². The van der Waals surface area contributed by atoms with E-state index in [0.29, 0.717) is 40.1 Å². The van der Waals surface area contributed by atoms with E-state index in [1.807, 2.05) is 6.92 Å². The van der Waals surface area contributed by atoms with Gasteiger partial charge in [0.15, 0.2) is 0 Å². The van der Waals surface area contributed by atoms with Crippen LogP contribution in [0.5, 0.6) is 5.75 Å². The standard InChI is InChI=1S/C20H18N2O4S/c1-3-26-17-10-5-4-9-15(17)21-27(24,25)18-12-11-16-19-13(18)7-6-8-14(19)20(23)22(16)2/h4-12,21H,3H2,1-2H3. The predicted octanol–water partition coefficient (Wildman–Crippen LogP) is 3.63. The highest BCUT2D eigenvalue weighted by molar-refractivity contribution is 7.93. The van der Waals surface area contributed by atoms with Gasteiger partial charge < -0.3 is 9.64 Å². The fraction of sp³-hybridized carbons (Fsp3) is 0.150. The van der Waals surface area contributed by atoms with Gasteiger partial charge in [-0.25, -0.2) is 8.42 Å². The molecule has 1 amide bonds. The maximum absolute atomic E-state index is 13.1. The topological polar surface area (TPSA) is 75.7 Å². The number of hydrogen-bond acceptors (Lipinski definition) is 4. The summed E-state index contributed by atoms with van der Waals surface area (Å²) in [6.07, 6.45) is 0. The van der Waals surface area contributed by atoms with Crippen LogP contribution in [-0.2, 0) is 10.0 Å². The summed E-state index contributed by atoms with van der Waals surface area (Å²) < 4.78 is 34.3. The number of nitrogens with one attached hydrogen (secondary N) is 1. The summed E-state index contributed by atoms with van der Waals surface area (Å²) in [5.74, 6) is 0.323. The number of nitrogens with zero attached hydrogens (tertiary/aromatic N) is 1. The molecule has 138 valence electrons. The highest BCUT2D eigenvalue weighted by Gasteiger charge is 2.30. The van der Waals surface area contributed by atoms with E-state index in [-0.39, 0.29) is 10.8 Å². The zero-order valence-corrected chi connectivity index (χ0v) is 15.7. The molecular weight excluding hydrogens is 364 g/mol. The Kier molecular flexibility index (Phi) is 4.04. The third kappa shape index (κ3) is 2.71. The normalized spacial score (nSPS) is 13.3. The first-order valence-corrected chi connectivity index (χ1v) is 10.0. The van der Waals surface area contributed by atoms with Crippen LogP contribution in [0.15, 0.2) is 59.5 Å². The van der Waals surface area contributed by atoms with Crippen LogP contribution < -0.4 is 14.4 Å². The molecule has 1 heterocycles. The van der Waals surface area contributed by atoms with Gasteiger partial charge in [0.25, 0.3) is 15.9 Å². The van der Waals surface area contributed by atoms with Crippen LogP contribution in [0.2, 0.25) is 0 Å². The molecular formula is C20H18N2O4S. The number of carbonyl (C=O) groups excluding carboxylic acids is 1. The van der Waals surface area contributed by atoms with E-state index in [2.05, 4.69) is 4.72 Å². The molecule has 0 spiro atoms. The summed E-state index contributed by atoms with van der Waals surface area (Å²) in [6.45, 7) is 2.26. The molecule has 1 aliphatic heterocycles. The number of para-hydroxylation sites is 2. The lowest BCUT2D eigenvalue weighted by Crippen LogP contribution is -2.20. The summed E-state index contributed by atoms with van der Waals surface area (Å²) in [4.78, 5) is 14.0. The molecule has 0 bridgehead atoms. The van der Waals surface area contributed by atoms with Crippen LogP contribution in [0.25, 0.3) is 10.8 Å². The monoisotopic (exact) mass is 382 g/mol. The molecule has 27 heavy (non-hydrogen) atoms. The molecule has 0 fully saturated rings. The van der Waals surface area contributed by atoms with Gasteiger partial charge in [-0.1, -0.05) is 24.3 Å². The van der Waals surface area contributed by atoms with Gasteiger partial charge in [0.2, 0.25) is 0 Å². The van der Waals surface area contributed by atoms with Gasteiger partial charge in [-0.2, -0.15) is 0 Å². The SMILES string of the molecule is CCOc1ccccc1NS(=O)(=O)c1ccc2c3c(cccc13)C(=O)N2C. The molecule has 0 radical (unpaired) electrons. The van der Waals surface area contributed by atoms with Gasteiger partial charge >= 0.3 is 0 Å². The zero-order chi connectivity index (χ0) is 19.2. The Morgan fingerprint density at radius 2 is 1.81 bits per heavy atom. The summed E-state index contributed by atoms with van der Waals surface area (Å²) in [5.41, 5.74) is 1.59. The van der Waals surface area contributed by atoms with Crippen molar-refractivity contribution >= 4 is 38.1 Å². The molecule has 0 saturated carbocycles. The van der Waals surface area contributed by atoms with E-state index in [0.717, 1.165) is 0 Å². The van der Waals surface area contributed by atoms with Crippen molar-refractivity contribution in [3.8, 4) is 5.75 Å². The van der Waals surface area contributed by atoms with Crippen molar-refractivity contribution in [3.63, 3.8) is 0 Å². The maximum atomic E-state index is 13.1. The van der Waals surface area contributed by atoms with Crippen molar-refractivity contribution < 1.29 is 17.9 Å². The van der Waals surface area contributed by atoms with Crippen molar-refractivity contribution in [2.24, 2.45) is 0 Å². The minimum atomic E-state index is -3.88. The van der Waals surface area contributed by atoms with Gasteiger partial charge in [-0.05, 0) is 37.3 Å². The van der Waals surface area contributed by atoms with E-state index in [1.165, 1.54) is 11.0 Å². The molecule has 4 rings (SSSR count). The molecule has 6 nitrogen and oxygen atoms in total. The summed E-state index contributed by atoms with van der Waals surface area (Å²) >= 11 is 0. The maximum Gasteiger partial charge on any atom is 0.262 e. The van der Waals surface area contributed by atoms with E-state index in [4.69, 9.17) is 4.74 Å². The Morgan fingerprint density at radius 1 is 1.04 bits per heavy atom. The lowest BCUT2D eigenvalue weighted by atomic mass is 10.1. The van der Waals surface area contributed by atoms with Crippen molar-refractivity contribution in [2.45, 2.75) is 11.8 Å². The van der Waals surface area contributed by atoms with Crippen LogP contribution in [-0.4, -0.2) is 28.0 Å². The summed E-state index contributed by atoms with van der Waals surface area (Å²) in [7, 11) is -2.20. The van der Waals surface area contributed by atoms with Gasteiger partial charge in [0, 0.05) is 23.4 Å². The van der Waals surface area contributed by atoms with Crippen molar-refractivity contribution in [1.29, 1.82) is 0 Å². The Bertz CT molecular complexity index is 1170. The summed E-state index contributed by atoms with van der Waals surface area (Å²) in [5, 5.41) is 1.18. The van der Waals surface area contributed by atoms with Gasteiger partial charge in [0.05, 0.1) is 22.9 Å². The number of rotatable bonds is 5. The molecule has 0 saturated heterocycles. The number of sulfonamides is 1. The fourth-order valence-corrected chi connectivity index (χ4v) is 4.65. The zero-order valence-electron chi connectivity index (χ0n) is 14.9. The summed E-state index contributed by atoms with van der Waals surface area (Å²) in [6, 6.07) is 15.2. The van der Waals surface area contributed by atoms with E-state index >= 15 is 0 Å². The minimum Gasteiger partial charge on any atom is -0.492 e. The molecule has 1 aliphatic rings. The van der Waals surface area contributed by atoms with Crippen molar-refractivity contribution in [2.75, 3.05) is 23.3 Å². The van der Waals surface area contributed by atoms with E-state index < -0.39 is 10.0 Å². The highest BCUT2D eigenvalue weighted by Crippen LogP contribution is 2.40. The number of amides is 1. The predicted molar refractivity (Wildman–Crippen MR) is 105 cm³/mol. The van der Waals surface area contributed by atoms with E-state index in [9.17, 15) is 13.2 Å². The lowest BCUT2D eigenvalue weighted by molar-refractivity contribution is 0.0999. The lowest BCUT2D eigenvalue weighted by Gasteiger charge is -2.15. The largest absolute Gasteiger partial charge is 0.492 e. The minimum absolute atomic E-state index is 0.123. The van der Waals surface area contributed by atoms with Crippen LogP contribution in [0.3, 0.4) is 0 Å². The second kappa shape index (κ2) is 6.28. The number of carbonyl (C=O) groups is 1.